The van der Waals surface area contributed by atoms with Crippen molar-refractivity contribution in [2.24, 2.45) is 0 Å². The third-order valence-corrected chi connectivity index (χ3v) is 3.59. The number of para-hydroxylation sites is 1. The first-order valence-electron chi connectivity index (χ1n) is 7.31. The number of carbonyl (C=O) groups is 1. The summed E-state index contributed by atoms with van der Waals surface area (Å²) in [4.78, 5) is 14.5. The van der Waals surface area contributed by atoms with Crippen molar-refractivity contribution < 1.29 is 9.53 Å². The molecule has 1 aliphatic heterocycles. The fourth-order valence-electron chi connectivity index (χ4n) is 2.47. The lowest BCUT2D eigenvalue weighted by Gasteiger charge is -2.26. The van der Waals surface area contributed by atoms with Crippen LogP contribution in [0, 0.1) is 0 Å². The Hall–Kier alpha value is -1.51. The highest BCUT2D eigenvalue weighted by Gasteiger charge is 2.25. The molecule has 2 rings (SSSR count). The maximum atomic E-state index is 12.5. The van der Waals surface area contributed by atoms with E-state index < -0.39 is 0 Å². The molecule has 1 aromatic carbocycles. The highest BCUT2D eigenvalue weighted by atomic mass is 16.5. The molecule has 1 fully saturated rings. The number of ether oxygens (including phenoxy) is 1. The van der Waals surface area contributed by atoms with Gasteiger partial charge in [0.1, 0.15) is 5.75 Å². The molecule has 1 amide bonds. The van der Waals surface area contributed by atoms with Gasteiger partial charge >= 0.3 is 0 Å². The Labute approximate surface area is 115 Å². The predicted octanol–water partition coefficient (Wildman–Crippen LogP) is 3.25. The number of amides is 1. The monoisotopic (exact) mass is 261 g/mol. The fraction of sp³-hybridized carbons (Fsp3) is 0.562. The van der Waals surface area contributed by atoms with Crippen molar-refractivity contribution in [3.8, 4) is 5.75 Å². The third-order valence-electron chi connectivity index (χ3n) is 3.59. The van der Waals surface area contributed by atoms with Gasteiger partial charge in [0.25, 0.3) is 5.91 Å². The van der Waals surface area contributed by atoms with Crippen LogP contribution in [0.3, 0.4) is 0 Å². The number of rotatable bonds is 4. The zero-order valence-corrected chi connectivity index (χ0v) is 11.7. The minimum atomic E-state index is -0.347. The first-order valence-corrected chi connectivity index (χ1v) is 7.31. The maximum Gasteiger partial charge on any atom is 0.263 e. The van der Waals surface area contributed by atoms with Crippen LogP contribution >= 0.6 is 0 Å². The van der Waals surface area contributed by atoms with E-state index in [-0.39, 0.29) is 12.0 Å². The van der Waals surface area contributed by atoms with Crippen molar-refractivity contribution in [2.45, 2.75) is 45.1 Å². The summed E-state index contributed by atoms with van der Waals surface area (Å²) < 4.78 is 5.83. The average Bonchev–Trinajstić information content (AvgIpc) is 2.74. The quantitative estimate of drug-likeness (QED) is 0.832. The van der Waals surface area contributed by atoms with Crippen LogP contribution in [0.2, 0.25) is 0 Å². The summed E-state index contributed by atoms with van der Waals surface area (Å²) in [5.41, 5.74) is 0. The Morgan fingerprint density at radius 3 is 2.37 bits per heavy atom. The van der Waals surface area contributed by atoms with Gasteiger partial charge in [-0.15, -0.1) is 0 Å². The average molecular weight is 261 g/mol. The summed E-state index contributed by atoms with van der Waals surface area (Å²) in [7, 11) is 0. The van der Waals surface area contributed by atoms with E-state index >= 15 is 0 Å². The Morgan fingerprint density at radius 1 is 1.16 bits per heavy atom. The summed E-state index contributed by atoms with van der Waals surface area (Å²) in [5, 5.41) is 0. The number of nitrogens with zero attached hydrogens (tertiary/aromatic N) is 1. The van der Waals surface area contributed by atoms with E-state index in [1.54, 1.807) is 0 Å². The number of hydrogen-bond donors (Lipinski definition) is 0. The topological polar surface area (TPSA) is 29.5 Å². The largest absolute Gasteiger partial charge is 0.481 e. The van der Waals surface area contributed by atoms with Crippen LogP contribution in [0.25, 0.3) is 0 Å². The van der Waals surface area contributed by atoms with Crippen molar-refractivity contribution in [3.63, 3.8) is 0 Å². The van der Waals surface area contributed by atoms with Crippen LogP contribution in [0.15, 0.2) is 30.3 Å². The molecule has 3 nitrogen and oxygen atoms in total. The summed E-state index contributed by atoms with van der Waals surface area (Å²) in [6.07, 6.45) is 5.08. The second-order valence-corrected chi connectivity index (χ2v) is 5.07. The zero-order chi connectivity index (χ0) is 13.5. The van der Waals surface area contributed by atoms with Crippen LogP contribution < -0.4 is 4.74 Å². The van der Waals surface area contributed by atoms with Gasteiger partial charge in [-0.25, -0.2) is 0 Å². The summed E-state index contributed by atoms with van der Waals surface area (Å²) in [6, 6.07) is 9.61. The molecule has 3 heteroatoms. The minimum absolute atomic E-state index is 0.147. The lowest BCUT2D eigenvalue weighted by molar-refractivity contribution is -0.138. The van der Waals surface area contributed by atoms with E-state index in [1.165, 1.54) is 12.8 Å². The molecule has 0 N–H and O–H groups in total. The molecule has 104 valence electrons. The second-order valence-electron chi connectivity index (χ2n) is 5.07. The molecule has 0 unspecified atom stereocenters. The highest BCUT2D eigenvalue weighted by Crippen LogP contribution is 2.16. The van der Waals surface area contributed by atoms with Gasteiger partial charge in [0, 0.05) is 13.1 Å². The van der Waals surface area contributed by atoms with E-state index in [9.17, 15) is 4.79 Å². The molecule has 0 radical (unpaired) electrons. The van der Waals surface area contributed by atoms with E-state index in [4.69, 9.17) is 4.74 Å². The van der Waals surface area contributed by atoms with Gasteiger partial charge in [-0.2, -0.15) is 0 Å². The molecular weight excluding hydrogens is 238 g/mol. The number of likely N-dealkylation sites (tertiary alicyclic amines) is 1. The van der Waals surface area contributed by atoms with E-state index in [1.807, 2.05) is 42.2 Å². The Morgan fingerprint density at radius 2 is 1.79 bits per heavy atom. The minimum Gasteiger partial charge on any atom is -0.481 e. The van der Waals surface area contributed by atoms with Gasteiger partial charge in [-0.05, 0) is 31.4 Å². The molecule has 1 aliphatic rings. The van der Waals surface area contributed by atoms with Gasteiger partial charge in [0.05, 0.1) is 0 Å². The smallest absolute Gasteiger partial charge is 0.263 e. The zero-order valence-electron chi connectivity index (χ0n) is 11.7. The van der Waals surface area contributed by atoms with Crippen LogP contribution in [0.4, 0.5) is 0 Å². The molecular formula is C16H23NO2. The lowest BCUT2D eigenvalue weighted by Crippen LogP contribution is -2.42. The summed E-state index contributed by atoms with van der Waals surface area (Å²) in [5.74, 6) is 0.922. The lowest BCUT2D eigenvalue weighted by atomic mass is 10.2. The normalized spacial score (nSPS) is 17.6. The van der Waals surface area contributed by atoms with Crippen molar-refractivity contribution in [1.29, 1.82) is 0 Å². The van der Waals surface area contributed by atoms with Crippen LogP contribution in [-0.4, -0.2) is 30.0 Å². The molecule has 0 aliphatic carbocycles. The van der Waals surface area contributed by atoms with Gasteiger partial charge in [-0.3, -0.25) is 4.79 Å². The standard InChI is InChI=1S/C16H23NO2/c1-2-15(19-14-10-6-5-7-11-14)16(18)17-12-8-3-4-9-13-17/h5-7,10-11,15H,2-4,8-9,12-13H2,1H3/t15-/m0/s1. The maximum absolute atomic E-state index is 12.5. The molecule has 0 saturated carbocycles. The Bertz CT molecular complexity index is 383. The van der Waals surface area contributed by atoms with Crippen LogP contribution in [-0.2, 0) is 4.79 Å². The third kappa shape index (κ3) is 3.98. The summed E-state index contributed by atoms with van der Waals surface area (Å²) >= 11 is 0. The van der Waals surface area contributed by atoms with Gasteiger partial charge in [0.2, 0.25) is 0 Å². The van der Waals surface area contributed by atoms with Crippen molar-refractivity contribution in [1.82, 2.24) is 4.90 Å². The molecule has 1 heterocycles. The van der Waals surface area contributed by atoms with E-state index in [0.717, 1.165) is 31.7 Å². The highest BCUT2D eigenvalue weighted by molar-refractivity contribution is 5.81. The van der Waals surface area contributed by atoms with Gasteiger partial charge in [-0.1, -0.05) is 38.0 Å². The van der Waals surface area contributed by atoms with Gasteiger partial charge in [0.15, 0.2) is 6.10 Å². The van der Waals surface area contributed by atoms with E-state index in [2.05, 4.69) is 0 Å². The first kappa shape index (κ1) is 13.9. The second kappa shape index (κ2) is 7.17. The molecule has 1 aromatic rings. The van der Waals surface area contributed by atoms with Crippen molar-refractivity contribution in [3.05, 3.63) is 30.3 Å². The molecule has 0 spiro atoms. The number of carbonyl (C=O) groups excluding carboxylic acids is 1. The first-order chi connectivity index (χ1) is 9.31. The number of hydrogen-bond acceptors (Lipinski definition) is 2. The molecule has 19 heavy (non-hydrogen) atoms. The van der Waals surface area contributed by atoms with E-state index in [0.29, 0.717) is 6.42 Å². The summed E-state index contributed by atoms with van der Waals surface area (Å²) in [6.45, 7) is 3.77. The molecule has 0 aromatic heterocycles. The number of benzene rings is 1. The molecule has 1 atom stereocenters. The van der Waals surface area contributed by atoms with Crippen LogP contribution in [0.1, 0.15) is 39.0 Å². The SMILES string of the molecule is CC[C@H](Oc1ccccc1)C(=O)N1CCCCCC1. The molecule has 0 bridgehead atoms. The fourth-order valence-corrected chi connectivity index (χ4v) is 2.47. The predicted molar refractivity (Wildman–Crippen MR) is 76.2 cm³/mol. The van der Waals surface area contributed by atoms with Gasteiger partial charge < -0.3 is 9.64 Å². The van der Waals surface area contributed by atoms with Crippen LogP contribution in [0.5, 0.6) is 5.75 Å². The molecule has 1 saturated heterocycles. The van der Waals surface area contributed by atoms with Crippen molar-refractivity contribution >= 4 is 5.91 Å². The Kier molecular flexibility index (Phi) is 5.25. The van der Waals surface area contributed by atoms with Crippen molar-refractivity contribution in [2.75, 3.05) is 13.1 Å². The Balaban J connectivity index is 1.98.